The summed E-state index contributed by atoms with van der Waals surface area (Å²) < 4.78 is 10.5. The predicted octanol–water partition coefficient (Wildman–Crippen LogP) is 5.03. The zero-order valence-corrected chi connectivity index (χ0v) is 17.7. The molecule has 0 heterocycles. The lowest BCUT2D eigenvalue weighted by atomic mass is 10.1. The molecule has 31 heavy (non-hydrogen) atoms. The lowest BCUT2D eigenvalue weighted by Crippen LogP contribution is -2.25. The Bertz CT molecular complexity index is 1130. The highest BCUT2D eigenvalue weighted by Gasteiger charge is 2.23. The molecule has 0 saturated heterocycles. The maximum atomic E-state index is 12.7. The Kier molecular flexibility index (Phi) is 7.05. The molecule has 1 amide bonds. The molecule has 3 rings (SSSR count). The first-order valence-electron chi connectivity index (χ1n) is 9.44. The summed E-state index contributed by atoms with van der Waals surface area (Å²) >= 11 is 5.93. The first kappa shape index (κ1) is 22.1. The second-order valence-electron chi connectivity index (χ2n) is 6.65. The number of ether oxygens (including phenoxy) is 2. The Hall–Kier alpha value is -3.64. The van der Waals surface area contributed by atoms with Crippen molar-refractivity contribution in [2.24, 2.45) is 0 Å². The Morgan fingerprint density at radius 2 is 1.61 bits per heavy atom. The fraction of sp³-hybridized carbons (Fsp3) is 0.125. The van der Waals surface area contributed by atoms with E-state index in [4.69, 9.17) is 21.1 Å². The number of para-hydroxylation sites is 1. The van der Waals surface area contributed by atoms with Gasteiger partial charge in [0.15, 0.2) is 6.10 Å². The Labute approximate surface area is 184 Å². The number of halogens is 1. The first-order valence-corrected chi connectivity index (χ1v) is 9.82. The Balaban J connectivity index is 1.75. The number of methoxy groups -OCH3 is 1. The van der Waals surface area contributed by atoms with Crippen molar-refractivity contribution in [3.63, 3.8) is 0 Å². The number of benzene rings is 3. The number of hydrogen-bond acceptors (Lipinski definition) is 5. The van der Waals surface area contributed by atoms with Crippen molar-refractivity contribution in [2.75, 3.05) is 12.4 Å². The van der Waals surface area contributed by atoms with Gasteiger partial charge >= 0.3 is 5.97 Å². The molecule has 0 saturated carbocycles. The number of carbonyl (C=O) groups excluding carboxylic acids is 3. The van der Waals surface area contributed by atoms with E-state index in [-0.39, 0.29) is 17.0 Å². The van der Waals surface area contributed by atoms with E-state index in [0.29, 0.717) is 21.9 Å². The molecular formula is C24H20ClNO5. The normalized spacial score (nSPS) is 11.3. The van der Waals surface area contributed by atoms with Crippen molar-refractivity contribution in [3.05, 3.63) is 94.5 Å². The molecule has 0 aliphatic carbocycles. The van der Waals surface area contributed by atoms with E-state index in [0.717, 1.165) is 0 Å². The lowest BCUT2D eigenvalue weighted by molar-refractivity contribution is 0.0320. The summed E-state index contributed by atoms with van der Waals surface area (Å²) in [5.41, 5.74) is 1.10. The van der Waals surface area contributed by atoms with E-state index in [9.17, 15) is 14.4 Å². The molecule has 6 nitrogen and oxygen atoms in total. The summed E-state index contributed by atoms with van der Waals surface area (Å²) in [5, 5.41) is 3.11. The molecule has 1 N–H and O–H groups in total. The van der Waals surface area contributed by atoms with Gasteiger partial charge < -0.3 is 14.8 Å². The van der Waals surface area contributed by atoms with Crippen molar-refractivity contribution in [1.82, 2.24) is 0 Å². The summed E-state index contributed by atoms with van der Waals surface area (Å²) in [6, 6.07) is 19.4. The highest BCUT2D eigenvalue weighted by Crippen LogP contribution is 2.21. The van der Waals surface area contributed by atoms with Crippen LogP contribution < -0.4 is 10.1 Å². The van der Waals surface area contributed by atoms with Crippen molar-refractivity contribution >= 4 is 34.9 Å². The molecule has 158 valence electrons. The number of Topliss-reactive ketones (excluding diaryl/α,β-unsaturated/α-hetero) is 1. The van der Waals surface area contributed by atoms with Crippen LogP contribution in [0.25, 0.3) is 0 Å². The molecule has 0 bridgehead atoms. The molecule has 0 aromatic heterocycles. The molecule has 0 aliphatic rings. The second kappa shape index (κ2) is 9.91. The maximum absolute atomic E-state index is 12.7. The van der Waals surface area contributed by atoms with Crippen molar-refractivity contribution in [1.29, 1.82) is 0 Å². The fourth-order valence-corrected chi connectivity index (χ4v) is 3.07. The van der Waals surface area contributed by atoms with E-state index >= 15 is 0 Å². The van der Waals surface area contributed by atoms with Crippen LogP contribution in [0.5, 0.6) is 5.75 Å². The van der Waals surface area contributed by atoms with E-state index in [1.807, 2.05) is 0 Å². The topological polar surface area (TPSA) is 81.7 Å². The van der Waals surface area contributed by atoms with Crippen LogP contribution in [-0.4, -0.2) is 30.9 Å². The minimum Gasteiger partial charge on any atom is -0.497 e. The summed E-state index contributed by atoms with van der Waals surface area (Å²) in [7, 11) is 1.51. The quantitative estimate of drug-likeness (QED) is 0.414. The summed E-state index contributed by atoms with van der Waals surface area (Å²) in [5.74, 6) is -0.992. The number of ketones is 1. The van der Waals surface area contributed by atoms with Crippen LogP contribution in [0, 0.1) is 0 Å². The number of rotatable bonds is 7. The molecule has 0 spiro atoms. The first-order chi connectivity index (χ1) is 14.9. The molecule has 7 heteroatoms. The highest BCUT2D eigenvalue weighted by molar-refractivity contribution is 6.31. The molecule has 1 atom stereocenters. The number of esters is 1. The SMILES string of the molecule is COc1cccc(C(=O)Nc2ccccc2C(=O)OC(C)C(=O)c2cccc(Cl)c2)c1. The summed E-state index contributed by atoms with van der Waals surface area (Å²) in [6.07, 6.45) is -1.03. The number of carbonyl (C=O) groups is 3. The van der Waals surface area contributed by atoms with Crippen LogP contribution in [0.15, 0.2) is 72.8 Å². The minimum absolute atomic E-state index is 0.129. The second-order valence-corrected chi connectivity index (χ2v) is 7.09. The van der Waals surface area contributed by atoms with Gasteiger partial charge in [0.2, 0.25) is 5.78 Å². The standard InChI is InChI=1S/C24H20ClNO5/c1-15(22(27)16-7-5-9-18(25)13-16)31-24(29)20-11-3-4-12-21(20)26-23(28)17-8-6-10-19(14-17)30-2/h3-15H,1-2H3,(H,26,28). The van der Waals surface area contributed by atoms with Crippen molar-refractivity contribution in [3.8, 4) is 5.75 Å². The smallest absolute Gasteiger partial charge is 0.340 e. The fourth-order valence-electron chi connectivity index (χ4n) is 2.88. The third-order valence-corrected chi connectivity index (χ3v) is 4.72. The van der Waals surface area contributed by atoms with Gasteiger partial charge in [0.25, 0.3) is 5.91 Å². The molecule has 3 aromatic rings. The van der Waals surface area contributed by atoms with E-state index in [1.54, 1.807) is 60.7 Å². The van der Waals surface area contributed by atoms with Crippen LogP contribution in [0.1, 0.15) is 38.0 Å². The van der Waals surface area contributed by atoms with Gasteiger partial charge in [-0.1, -0.05) is 41.9 Å². The predicted molar refractivity (Wildman–Crippen MR) is 118 cm³/mol. The van der Waals surface area contributed by atoms with Crippen LogP contribution in [-0.2, 0) is 4.74 Å². The van der Waals surface area contributed by atoms with Gasteiger partial charge in [0, 0.05) is 16.1 Å². The number of nitrogens with one attached hydrogen (secondary N) is 1. The number of anilines is 1. The van der Waals surface area contributed by atoms with Crippen LogP contribution in [0.3, 0.4) is 0 Å². The van der Waals surface area contributed by atoms with E-state index in [1.165, 1.54) is 26.2 Å². The molecule has 0 radical (unpaired) electrons. The monoisotopic (exact) mass is 437 g/mol. The molecule has 3 aromatic carbocycles. The minimum atomic E-state index is -1.03. The van der Waals surface area contributed by atoms with Gasteiger partial charge in [-0.3, -0.25) is 9.59 Å². The van der Waals surface area contributed by atoms with Gasteiger partial charge in [-0.25, -0.2) is 4.79 Å². The average Bonchev–Trinajstić information content (AvgIpc) is 2.78. The highest BCUT2D eigenvalue weighted by atomic mass is 35.5. The van der Waals surface area contributed by atoms with Gasteiger partial charge in [-0.05, 0) is 49.4 Å². The third kappa shape index (κ3) is 5.49. The van der Waals surface area contributed by atoms with Gasteiger partial charge in [0.05, 0.1) is 18.4 Å². The van der Waals surface area contributed by atoms with E-state index in [2.05, 4.69) is 5.32 Å². The van der Waals surface area contributed by atoms with Crippen LogP contribution >= 0.6 is 11.6 Å². The Morgan fingerprint density at radius 3 is 2.35 bits per heavy atom. The zero-order valence-electron chi connectivity index (χ0n) is 16.9. The number of amides is 1. The van der Waals surface area contributed by atoms with Gasteiger partial charge in [0.1, 0.15) is 5.75 Å². The summed E-state index contributed by atoms with van der Waals surface area (Å²) in [6.45, 7) is 1.48. The van der Waals surface area contributed by atoms with Crippen LogP contribution in [0.4, 0.5) is 5.69 Å². The van der Waals surface area contributed by atoms with Gasteiger partial charge in [-0.2, -0.15) is 0 Å². The molecule has 0 fully saturated rings. The van der Waals surface area contributed by atoms with Gasteiger partial charge in [-0.15, -0.1) is 0 Å². The van der Waals surface area contributed by atoms with E-state index < -0.39 is 18.0 Å². The molecular weight excluding hydrogens is 418 g/mol. The third-order valence-electron chi connectivity index (χ3n) is 4.49. The van der Waals surface area contributed by atoms with Crippen LogP contribution in [0.2, 0.25) is 5.02 Å². The number of hydrogen-bond donors (Lipinski definition) is 1. The molecule has 1 unspecified atom stereocenters. The average molecular weight is 438 g/mol. The van der Waals surface area contributed by atoms with Crippen molar-refractivity contribution in [2.45, 2.75) is 13.0 Å². The lowest BCUT2D eigenvalue weighted by Gasteiger charge is -2.15. The maximum Gasteiger partial charge on any atom is 0.340 e. The molecule has 0 aliphatic heterocycles. The largest absolute Gasteiger partial charge is 0.497 e. The van der Waals surface area contributed by atoms with Crippen molar-refractivity contribution < 1.29 is 23.9 Å². The summed E-state index contributed by atoms with van der Waals surface area (Å²) in [4.78, 5) is 37.9. The Morgan fingerprint density at radius 1 is 0.903 bits per heavy atom. The zero-order chi connectivity index (χ0) is 22.4.